The van der Waals surface area contributed by atoms with Gasteiger partial charge in [-0.15, -0.1) is 0 Å². The minimum absolute atomic E-state index is 0.703. The maximum absolute atomic E-state index is 6.46. The molecule has 6 aromatic carbocycles. The highest BCUT2D eigenvalue weighted by atomic mass is 16.5. The Balaban J connectivity index is 1.23. The average Bonchev–Trinajstić information content (AvgIpc) is 3.32. The topological polar surface area (TPSA) is 39.9 Å². The molecule has 0 saturated heterocycles. The fourth-order valence-corrected chi connectivity index (χ4v) is 6.39. The quantitative estimate of drug-likeness (QED) is 0.205. The van der Waals surface area contributed by atoms with Gasteiger partial charge in [-0.3, -0.25) is 0 Å². The lowest BCUT2D eigenvalue weighted by Crippen LogP contribution is -1.98. The van der Waals surface area contributed by atoms with Gasteiger partial charge >= 0.3 is 0 Å². The van der Waals surface area contributed by atoms with Gasteiger partial charge in [-0.05, 0) is 42.5 Å². The zero-order valence-electron chi connectivity index (χ0n) is 24.8. The van der Waals surface area contributed by atoms with Crippen molar-refractivity contribution in [2.75, 3.05) is 0 Å². The molecule has 4 heteroatoms. The van der Waals surface area contributed by atoms with Gasteiger partial charge in [0.15, 0.2) is 5.82 Å². The van der Waals surface area contributed by atoms with Crippen molar-refractivity contribution >= 4 is 34.0 Å². The van der Waals surface area contributed by atoms with E-state index in [-0.39, 0.29) is 0 Å². The Kier molecular flexibility index (Phi) is 6.10. The smallest absolute Gasteiger partial charge is 0.160 e. The first-order chi connectivity index (χ1) is 22.8. The monoisotopic (exact) mass is 589 g/mol. The van der Waals surface area contributed by atoms with Crippen LogP contribution in [0.1, 0.15) is 11.1 Å². The Morgan fingerprint density at radius 1 is 0.435 bits per heavy atom. The van der Waals surface area contributed by atoms with Crippen molar-refractivity contribution in [2.24, 2.45) is 0 Å². The van der Waals surface area contributed by atoms with Crippen molar-refractivity contribution in [3.8, 4) is 51.1 Å². The van der Waals surface area contributed by atoms with E-state index in [1.54, 1.807) is 0 Å². The largest absolute Gasteiger partial charge is 0.456 e. The summed E-state index contributed by atoms with van der Waals surface area (Å²) in [4.78, 5) is 10.1. The molecular formula is C42H27N3O. The van der Waals surface area contributed by atoms with Crippen molar-refractivity contribution in [3.63, 3.8) is 0 Å². The minimum Gasteiger partial charge on any atom is -0.456 e. The van der Waals surface area contributed by atoms with Crippen LogP contribution in [0.3, 0.4) is 0 Å². The Morgan fingerprint density at radius 3 is 1.96 bits per heavy atom. The number of rotatable bonds is 4. The number of nitrogens with zero attached hydrogens (tertiary/aromatic N) is 3. The second-order valence-corrected chi connectivity index (χ2v) is 11.5. The maximum Gasteiger partial charge on any atom is 0.160 e. The first kappa shape index (κ1) is 26.2. The number of para-hydroxylation sites is 2. The van der Waals surface area contributed by atoms with Crippen LogP contribution in [0.2, 0.25) is 0 Å². The molecule has 0 N–H and O–H groups in total. The van der Waals surface area contributed by atoms with Crippen molar-refractivity contribution in [2.45, 2.75) is 0 Å². The molecule has 0 spiro atoms. The molecule has 0 amide bonds. The van der Waals surface area contributed by atoms with Crippen molar-refractivity contribution in [1.29, 1.82) is 0 Å². The molecule has 0 aliphatic carbocycles. The highest BCUT2D eigenvalue weighted by Crippen LogP contribution is 2.41. The van der Waals surface area contributed by atoms with Crippen LogP contribution in [-0.2, 0) is 0 Å². The van der Waals surface area contributed by atoms with E-state index in [1.165, 1.54) is 5.39 Å². The van der Waals surface area contributed by atoms with Gasteiger partial charge in [0.05, 0.1) is 22.4 Å². The SMILES string of the molecule is C1=Cc2cc3c(cc2Oc2ccccc21)c1ccccc1n3-c1cccc(-c2cc(-c3ccccc3)nc(-c3ccccc3)n2)c1. The predicted molar refractivity (Wildman–Crippen MR) is 188 cm³/mol. The molecule has 0 fully saturated rings. The lowest BCUT2D eigenvalue weighted by Gasteiger charge is -2.13. The van der Waals surface area contributed by atoms with Gasteiger partial charge in [-0.25, -0.2) is 9.97 Å². The minimum atomic E-state index is 0.703. The van der Waals surface area contributed by atoms with Crippen LogP contribution in [0.5, 0.6) is 11.5 Å². The van der Waals surface area contributed by atoms with Gasteiger partial charge < -0.3 is 9.30 Å². The molecule has 0 radical (unpaired) electrons. The van der Waals surface area contributed by atoms with Crippen LogP contribution < -0.4 is 4.74 Å². The third-order valence-electron chi connectivity index (χ3n) is 8.61. The Labute approximate surface area is 266 Å². The lowest BCUT2D eigenvalue weighted by molar-refractivity contribution is 0.482. The first-order valence-corrected chi connectivity index (χ1v) is 15.4. The lowest BCUT2D eigenvalue weighted by atomic mass is 10.1. The first-order valence-electron chi connectivity index (χ1n) is 15.4. The number of aromatic nitrogens is 3. The molecule has 8 aromatic rings. The molecular weight excluding hydrogens is 562 g/mol. The van der Waals surface area contributed by atoms with E-state index in [2.05, 4.69) is 114 Å². The average molecular weight is 590 g/mol. The zero-order valence-corrected chi connectivity index (χ0v) is 24.8. The summed E-state index contributed by atoms with van der Waals surface area (Å²) < 4.78 is 8.81. The normalized spacial score (nSPS) is 12.0. The summed E-state index contributed by atoms with van der Waals surface area (Å²) >= 11 is 0. The van der Waals surface area contributed by atoms with E-state index in [4.69, 9.17) is 14.7 Å². The van der Waals surface area contributed by atoms with E-state index >= 15 is 0 Å². The van der Waals surface area contributed by atoms with Gasteiger partial charge in [0.2, 0.25) is 0 Å². The van der Waals surface area contributed by atoms with E-state index < -0.39 is 0 Å². The standard InChI is InChI=1S/C42H27N3O/c1-3-12-28(13-4-1)36-27-37(44-42(43-36)30-15-5-2-6-16-30)31-17-11-18-33(24-31)45-38-20-9-8-19-34(38)35-26-41-32(25-39(35)45)23-22-29-14-7-10-21-40(29)46-41/h1-27H. The number of ether oxygens (including phenoxy) is 1. The Hall–Kier alpha value is -6.26. The molecule has 0 saturated carbocycles. The molecule has 0 atom stereocenters. The zero-order chi connectivity index (χ0) is 30.5. The second-order valence-electron chi connectivity index (χ2n) is 11.5. The van der Waals surface area contributed by atoms with Crippen LogP contribution in [0.25, 0.3) is 73.5 Å². The van der Waals surface area contributed by atoms with Crippen LogP contribution >= 0.6 is 0 Å². The molecule has 9 rings (SSSR count). The second kappa shape index (κ2) is 10.7. The highest BCUT2D eigenvalue weighted by molar-refractivity contribution is 6.10. The van der Waals surface area contributed by atoms with E-state index in [9.17, 15) is 0 Å². The molecule has 1 aliphatic rings. The van der Waals surface area contributed by atoms with E-state index in [1.807, 2.05) is 54.6 Å². The number of hydrogen-bond donors (Lipinski definition) is 0. The van der Waals surface area contributed by atoms with Crippen molar-refractivity contribution in [1.82, 2.24) is 14.5 Å². The maximum atomic E-state index is 6.46. The van der Waals surface area contributed by atoms with Crippen molar-refractivity contribution < 1.29 is 4.74 Å². The Bertz CT molecular complexity index is 2380. The number of hydrogen-bond acceptors (Lipinski definition) is 3. The molecule has 4 nitrogen and oxygen atoms in total. The van der Waals surface area contributed by atoms with E-state index in [0.717, 1.165) is 72.8 Å². The Morgan fingerprint density at radius 2 is 1.11 bits per heavy atom. The molecule has 46 heavy (non-hydrogen) atoms. The fraction of sp³-hybridized carbons (Fsp3) is 0. The number of fused-ring (bicyclic) bond motifs is 5. The van der Waals surface area contributed by atoms with Crippen LogP contribution in [0, 0.1) is 0 Å². The fourth-order valence-electron chi connectivity index (χ4n) is 6.39. The van der Waals surface area contributed by atoms with E-state index in [0.29, 0.717) is 5.82 Å². The van der Waals surface area contributed by atoms with Gasteiger partial charge in [0, 0.05) is 44.3 Å². The van der Waals surface area contributed by atoms with Crippen LogP contribution in [0.15, 0.2) is 152 Å². The van der Waals surface area contributed by atoms with Gasteiger partial charge in [-0.1, -0.05) is 121 Å². The molecule has 0 bridgehead atoms. The number of benzene rings is 6. The van der Waals surface area contributed by atoms with Crippen LogP contribution in [-0.4, -0.2) is 14.5 Å². The molecule has 3 heterocycles. The van der Waals surface area contributed by atoms with Gasteiger partial charge in [-0.2, -0.15) is 0 Å². The third kappa shape index (κ3) is 4.47. The van der Waals surface area contributed by atoms with Crippen molar-refractivity contribution in [3.05, 3.63) is 163 Å². The summed E-state index contributed by atoms with van der Waals surface area (Å²) in [6, 6.07) is 52.3. The van der Waals surface area contributed by atoms with Gasteiger partial charge in [0.25, 0.3) is 0 Å². The highest BCUT2D eigenvalue weighted by Gasteiger charge is 2.18. The molecule has 2 aromatic heterocycles. The molecule has 1 aliphatic heterocycles. The third-order valence-corrected chi connectivity index (χ3v) is 8.61. The van der Waals surface area contributed by atoms with Crippen LogP contribution in [0.4, 0.5) is 0 Å². The molecule has 216 valence electrons. The predicted octanol–water partition coefficient (Wildman–Crippen LogP) is 10.9. The summed E-state index contributed by atoms with van der Waals surface area (Å²) in [5.74, 6) is 2.42. The molecule has 0 unspecified atom stereocenters. The summed E-state index contributed by atoms with van der Waals surface area (Å²) in [5, 5.41) is 2.32. The summed E-state index contributed by atoms with van der Waals surface area (Å²) in [6.45, 7) is 0. The summed E-state index contributed by atoms with van der Waals surface area (Å²) in [5.41, 5.74) is 10.3. The summed E-state index contributed by atoms with van der Waals surface area (Å²) in [6.07, 6.45) is 4.28. The van der Waals surface area contributed by atoms with Gasteiger partial charge in [0.1, 0.15) is 11.5 Å². The summed E-state index contributed by atoms with van der Waals surface area (Å²) in [7, 11) is 0.